The first kappa shape index (κ1) is 19.0. The van der Waals surface area contributed by atoms with E-state index in [2.05, 4.69) is 31.2 Å². The largest absolute Gasteiger partial charge is 0.416 e. The molecule has 4 nitrogen and oxygen atoms in total. The molecule has 1 aromatic heterocycles. The molecule has 0 saturated carbocycles. The first-order chi connectivity index (χ1) is 12.2. The van der Waals surface area contributed by atoms with Crippen molar-refractivity contribution in [3.05, 3.63) is 51.8 Å². The highest BCUT2D eigenvalue weighted by atomic mass is 79.9. The van der Waals surface area contributed by atoms with Crippen LogP contribution in [0.1, 0.15) is 17.5 Å². The second kappa shape index (κ2) is 7.43. The fourth-order valence-electron chi connectivity index (χ4n) is 2.77. The average Bonchev–Trinajstić information content (AvgIpc) is 3.04. The monoisotopic (exact) mass is 436 g/mol. The fourth-order valence-corrected chi connectivity index (χ4v) is 2.97. The van der Waals surface area contributed by atoms with Gasteiger partial charge in [0.15, 0.2) is 11.6 Å². The first-order valence-electron chi connectivity index (χ1n) is 7.75. The van der Waals surface area contributed by atoms with Gasteiger partial charge in [0.1, 0.15) is 0 Å². The van der Waals surface area contributed by atoms with E-state index in [1.165, 1.54) is 0 Å². The summed E-state index contributed by atoms with van der Waals surface area (Å²) in [6, 6.07) is 0.705. The highest BCUT2D eigenvalue weighted by Gasteiger charge is 2.33. The van der Waals surface area contributed by atoms with Crippen LogP contribution in [0.2, 0.25) is 0 Å². The van der Waals surface area contributed by atoms with E-state index in [1.807, 2.05) is 4.90 Å². The molecule has 1 aliphatic heterocycles. The molecule has 1 unspecified atom stereocenters. The molecule has 2 heterocycles. The van der Waals surface area contributed by atoms with Gasteiger partial charge < -0.3 is 10.2 Å². The second-order valence-corrected chi connectivity index (χ2v) is 6.86. The van der Waals surface area contributed by atoms with Crippen molar-refractivity contribution in [1.29, 1.82) is 0 Å². The Labute approximate surface area is 154 Å². The van der Waals surface area contributed by atoms with E-state index in [9.17, 15) is 22.0 Å². The molecule has 3 rings (SSSR count). The maximum atomic E-state index is 13.8. The Morgan fingerprint density at radius 3 is 2.54 bits per heavy atom. The molecule has 1 saturated heterocycles. The van der Waals surface area contributed by atoms with Gasteiger partial charge in [-0.2, -0.15) is 13.2 Å². The zero-order valence-corrected chi connectivity index (χ0v) is 14.9. The van der Waals surface area contributed by atoms with Crippen molar-refractivity contribution in [2.45, 2.75) is 25.2 Å². The summed E-state index contributed by atoms with van der Waals surface area (Å²) in [6.45, 7) is 0.968. The molecule has 0 bridgehead atoms. The predicted octanol–water partition coefficient (Wildman–Crippen LogP) is 3.90. The lowest BCUT2D eigenvalue weighted by Gasteiger charge is -2.17. The molecule has 0 radical (unpaired) electrons. The third-order valence-electron chi connectivity index (χ3n) is 4.09. The van der Waals surface area contributed by atoms with Crippen molar-refractivity contribution in [3.63, 3.8) is 0 Å². The van der Waals surface area contributed by atoms with E-state index in [0.717, 1.165) is 4.47 Å². The molecular weight excluding hydrogens is 423 g/mol. The zero-order chi connectivity index (χ0) is 18.9. The van der Waals surface area contributed by atoms with Gasteiger partial charge in [-0.3, -0.25) is 0 Å². The fraction of sp³-hybridized carbons (Fsp3) is 0.375. The summed E-state index contributed by atoms with van der Waals surface area (Å²) >= 11 is 3.25. The Morgan fingerprint density at radius 2 is 1.88 bits per heavy atom. The van der Waals surface area contributed by atoms with Gasteiger partial charge in [0.2, 0.25) is 5.95 Å². The van der Waals surface area contributed by atoms with Crippen LogP contribution in [0.3, 0.4) is 0 Å². The normalized spacial score (nSPS) is 17.8. The Kier molecular flexibility index (Phi) is 5.42. The van der Waals surface area contributed by atoms with Gasteiger partial charge in [-0.1, -0.05) is 0 Å². The van der Waals surface area contributed by atoms with Crippen molar-refractivity contribution < 1.29 is 22.0 Å². The SMILES string of the molecule is Fc1cc(C(F)(F)F)cc(CNC2CCN(c3ncc(Br)cn3)C2)c1F. The van der Waals surface area contributed by atoms with Gasteiger partial charge >= 0.3 is 6.18 Å². The molecule has 0 spiro atoms. The number of hydrogen-bond acceptors (Lipinski definition) is 4. The average molecular weight is 437 g/mol. The molecule has 140 valence electrons. The lowest BCUT2D eigenvalue weighted by Crippen LogP contribution is -2.33. The third-order valence-corrected chi connectivity index (χ3v) is 4.50. The number of nitrogens with one attached hydrogen (secondary N) is 1. The van der Waals surface area contributed by atoms with Crippen LogP contribution >= 0.6 is 15.9 Å². The Bertz CT molecular complexity index is 781. The molecule has 1 atom stereocenters. The molecule has 0 aliphatic carbocycles. The van der Waals surface area contributed by atoms with Gasteiger partial charge in [-0.25, -0.2) is 18.7 Å². The number of rotatable bonds is 4. The van der Waals surface area contributed by atoms with Crippen molar-refractivity contribution in [2.75, 3.05) is 18.0 Å². The summed E-state index contributed by atoms with van der Waals surface area (Å²) in [4.78, 5) is 10.3. The molecule has 1 fully saturated rings. The van der Waals surface area contributed by atoms with E-state index in [0.29, 0.717) is 31.5 Å². The molecular formula is C16H14BrF5N4. The molecule has 1 N–H and O–H groups in total. The number of nitrogens with zero attached hydrogens (tertiary/aromatic N) is 3. The maximum absolute atomic E-state index is 13.8. The summed E-state index contributed by atoms with van der Waals surface area (Å²) in [7, 11) is 0. The number of hydrogen-bond donors (Lipinski definition) is 1. The number of benzene rings is 1. The van der Waals surface area contributed by atoms with Gasteiger partial charge in [0, 0.05) is 43.6 Å². The maximum Gasteiger partial charge on any atom is 0.416 e. The summed E-state index contributed by atoms with van der Waals surface area (Å²) in [6.07, 6.45) is -0.817. The van der Waals surface area contributed by atoms with Gasteiger partial charge in [0.25, 0.3) is 0 Å². The van der Waals surface area contributed by atoms with E-state index >= 15 is 0 Å². The Hall–Kier alpha value is -1.81. The third kappa shape index (κ3) is 4.29. The van der Waals surface area contributed by atoms with Crippen LogP contribution in [-0.4, -0.2) is 29.1 Å². The predicted molar refractivity (Wildman–Crippen MR) is 88.5 cm³/mol. The molecule has 1 aromatic carbocycles. The lowest BCUT2D eigenvalue weighted by molar-refractivity contribution is -0.137. The summed E-state index contributed by atoms with van der Waals surface area (Å²) in [5, 5.41) is 2.98. The van der Waals surface area contributed by atoms with Crippen LogP contribution in [-0.2, 0) is 12.7 Å². The van der Waals surface area contributed by atoms with Crippen molar-refractivity contribution in [1.82, 2.24) is 15.3 Å². The van der Waals surface area contributed by atoms with Crippen molar-refractivity contribution >= 4 is 21.9 Å². The van der Waals surface area contributed by atoms with Crippen LogP contribution in [0, 0.1) is 11.6 Å². The minimum Gasteiger partial charge on any atom is -0.339 e. The van der Waals surface area contributed by atoms with E-state index in [1.54, 1.807) is 12.4 Å². The van der Waals surface area contributed by atoms with E-state index < -0.39 is 23.4 Å². The number of aromatic nitrogens is 2. The zero-order valence-electron chi connectivity index (χ0n) is 13.3. The highest BCUT2D eigenvalue weighted by Crippen LogP contribution is 2.31. The summed E-state index contributed by atoms with van der Waals surface area (Å²) in [5.41, 5.74) is -1.56. The number of anilines is 1. The van der Waals surface area contributed by atoms with E-state index in [4.69, 9.17) is 0 Å². The number of alkyl halides is 3. The van der Waals surface area contributed by atoms with Crippen molar-refractivity contribution in [3.8, 4) is 0 Å². The number of halogens is 6. The van der Waals surface area contributed by atoms with Gasteiger partial charge in [-0.05, 0) is 34.5 Å². The van der Waals surface area contributed by atoms with Crippen LogP contribution in [0.25, 0.3) is 0 Å². The molecule has 10 heteroatoms. The van der Waals surface area contributed by atoms with Crippen LogP contribution < -0.4 is 10.2 Å². The minimum absolute atomic E-state index is 0.0979. The molecule has 26 heavy (non-hydrogen) atoms. The standard InChI is InChI=1S/C16H14BrF5N4/c17-11-6-24-15(25-7-11)26-2-1-12(8-26)23-5-9-3-10(16(20,21)22)4-13(18)14(9)19/h3-4,6-7,12,23H,1-2,5,8H2. The Morgan fingerprint density at radius 1 is 1.19 bits per heavy atom. The minimum atomic E-state index is -4.73. The molecule has 0 amide bonds. The van der Waals surface area contributed by atoms with Crippen LogP contribution in [0.4, 0.5) is 27.9 Å². The topological polar surface area (TPSA) is 41.0 Å². The second-order valence-electron chi connectivity index (χ2n) is 5.94. The van der Waals surface area contributed by atoms with Crippen molar-refractivity contribution in [2.24, 2.45) is 0 Å². The van der Waals surface area contributed by atoms with E-state index in [-0.39, 0.29) is 24.2 Å². The summed E-state index contributed by atoms with van der Waals surface area (Å²) < 4.78 is 66.3. The summed E-state index contributed by atoms with van der Waals surface area (Å²) in [5.74, 6) is -2.24. The van der Waals surface area contributed by atoms with Crippen LogP contribution in [0.15, 0.2) is 29.0 Å². The highest BCUT2D eigenvalue weighted by molar-refractivity contribution is 9.10. The van der Waals surface area contributed by atoms with Gasteiger partial charge in [0.05, 0.1) is 10.0 Å². The molecule has 2 aromatic rings. The van der Waals surface area contributed by atoms with Gasteiger partial charge in [-0.15, -0.1) is 0 Å². The quantitative estimate of drug-likeness (QED) is 0.737. The first-order valence-corrected chi connectivity index (χ1v) is 8.54. The Balaban J connectivity index is 1.65. The molecule has 1 aliphatic rings. The lowest BCUT2D eigenvalue weighted by atomic mass is 10.1. The van der Waals surface area contributed by atoms with Crippen LogP contribution in [0.5, 0.6) is 0 Å². The smallest absolute Gasteiger partial charge is 0.339 e.